The zero-order valence-electron chi connectivity index (χ0n) is 11.4. The summed E-state index contributed by atoms with van der Waals surface area (Å²) in [5, 5.41) is 5.28. The second-order valence-electron chi connectivity index (χ2n) is 5.76. The Morgan fingerprint density at radius 2 is 1.71 bits per heavy atom. The molecule has 3 atom stereocenters. The van der Waals surface area contributed by atoms with E-state index >= 15 is 0 Å². The highest BCUT2D eigenvalue weighted by atomic mass is 35.5. The fourth-order valence-electron chi connectivity index (χ4n) is 3.57. The number of rotatable bonds is 1. The number of allylic oxidation sites excluding steroid dienone is 2. The van der Waals surface area contributed by atoms with Gasteiger partial charge in [-0.2, -0.15) is 0 Å². The van der Waals surface area contributed by atoms with Crippen LogP contribution >= 0.6 is 23.2 Å². The molecule has 0 amide bonds. The number of nitrogens with one attached hydrogen (secondary N) is 1. The fraction of sp³-hybridized carbons (Fsp3) is 0.222. The van der Waals surface area contributed by atoms with Gasteiger partial charge in [-0.25, -0.2) is 0 Å². The molecule has 0 radical (unpaired) electrons. The minimum absolute atomic E-state index is 0.316. The Kier molecular flexibility index (Phi) is 3.20. The SMILES string of the molecule is Clc1ccc([C@H]2Nc3ccc(Cl)cc3[C@@H]3C=CC[C@@H]23)cc1. The van der Waals surface area contributed by atoms with Gasteiger partial charge in [0.05, 0.1) is 6.04 Å². The lowest BCUT2D eigenvalue weighted by Gasteiger charge is -2.37. The molecule has 1 N–H and O–H groups in total. The fourth-order valence-corrected chi connectivity index (χ4v) is 3.87. The highest BCUT2D eigenvalue weighted by molar-refractivity contribution is 6.31. The summed E-state index contributed by atoms with van der Waals surface area (Å²) in [6.07, 6.45) is 5.70. The van der Waals surface area contributed by atoms with E-state index in [0.717, 1.165) is 16.5 Å². The third-order valence-corrected chi connectivity index (χ3v) is 5.04. The third-order valence-electron chi connectivity index (χ3n) is 4.55. The predicted molar refractivity (Wildman–Crippen MR) is 89.3 cm³/mol. The largest absolute Gasteiger partial charge is 0.378 e. The van der Waals surface area contributed by atoms with Crippen LogP contribution in [-0.4, -0.2) is 0 Å². The Morgan fingerprint density at radius 3 is 2.52 bits per heavy atom. The summed E-state index contributed by atoms with van der Waals surface area (Å²) in [5.74, 6) is 0.984. The van der Waals surface area contributed by atoms with Gasteiger partial charge in [-0.1, -0.05) is 47.5 Å². The van der Waals surface area contributed by atoms with E-state index in [1.165, 1.54) is 16.8 Å². The predicted octanol–water partition coefficient (Wildman–Crippen LogP) is 5.82. The first-order chi connectivity index (χ1) is 10.2. The van der Waals surface area contributed by atoms with Gasteiger partial charge in [-0.15, -0.1) is 0 Å². The number of benzene rings is 2. The molecule has 0 aromatic heterocycles. The first kappa shape index (κ1) is 13.2. The zero-order valence-corrected chi connectivity index (χ0v) is 12.9. The summed E-state index contributed by atoms with van der Waals surface area (Å²) in [7, 11) is 0. The van der Waals surface area contributed by atoms with Gasteiger partial charge in [-0.05, 0) is 53.8 Å². The van der Waals surface area contributed by atoms with Crippen LogP contribution in [0.4, 0.5) is 5.69 Å². The van der Waals surface area contributed by atoms with Crippen molar-refractivity contribution in [1.82, 2.24) is 0 Å². The van der Waals surface area contributed by atoms with E-state index in [1.54, 1.807) is 0 Å². The van der Waals surface area contributed by atoms with Gasteiger partial charge >= 0.3 is 0 Å². The summed E-state index contributed by atoms with van der Waals surface area (Å²) in [6.45, 7) is 0. The quantitative estimate of drug-likeness (QED) is 0.654. The van der Waals surface area contributed by atoms with Crippen LogP contribution in [-0.2, 0) is 0 Å². The summed E-state index contributed by atoms with van der Waals surface area (Å²) in [6, 6.07) is 14.6. The van der Waals surface area contributed by atoms with Gasteiger partial charge in [0.2, 0.25) is 0 Å². The summed E-state index contributed by atoms with van der Waals surface area (Å²) in [5.41, 5.74) is 3.79. The summed E-state index contributed by atoms with van der Waals surface area (Å²) in [4.78, 5) is 0. The maximum atomic E-state index is 6.17. The average molecular weight is 316 g/mol. The van der Waals surface area contributed by atoms with Crippen molar-refractivity contribution in [3.05, 3.63) is 75.8 Å². The van der Waals surface area contributed by atoms with Crippen LogP contribution < -0.4 is 5.32 Å². The van der Waals surface area contributed by atoms with Crippen LogP contribution in [0, 0.1) is 5.92 Å². The molecule has 1 nitrogen and oxygen atoms in total. The van der Waals surface area contributed by atoms with E-state index in [-0.39, 0.29) is 0 Å². The van der Waals surface area contributed by atoms with Gasteiger partial charge in [0, 0.05) is 21.7 Å². The van der Waals surface area contributed by atoms with E-state index < -0.39 is 0 Å². The molecule has 4 rings (SSSR count). The number of fused-ring (bicyclic) bond motifs is 3. The van der Waals surface area contributed by atoms with Crippen molar-refractivity contribution in [2.75, 3.05) is 5.32 Å². The van der Waals surface area contributed by atoms with E-state index in [2.05, 4.69) is 41.7 Å². The molecular formula is C18H15Cl2N. The van der Waals surface area contributed by atoms with Crippen LogP contribution in [0.1, 0.15) is 29.5 Å². The van der Waals surface area contributed by atoms with Crippen molar-refractivity contribution < 1.29 is 0 Å². The molecule has 1 aliphatic carbocycles. The van der Waals surface area contributed by atoms with Crippen molar-refractivity contribution in [1.29, 1.82) is 0 Å². The molecule has 0 fully saturated rings. The van der Waals surface area contributed by atoms with Crippen molar-refractivity contribution in [3.8, 4) is 0 Å². The lowest BCUT2D eigenvalue weighted by molar-refractivity contribution is 0.425. The van der Waals surface area contributed by atoms with Gasteiger partial charge < -0.3 is 5.32 Å². The minimum Gasteiger partial charge on any atom is -0.378 e. The topological polar surface area (TPSA) is 12.0 Å². The van der Waals surface area contributed by atoms with E-state index in [1.807, 2.05) is 18.2 Å². The second kappa shape index (κ2) is 5.08. The molecule has 1 heterocycles. The molecule has 21 heavy (non-hydrogen) atoms. The Morgan fingerprint density at radius 1 is 0.952 bits per heavy atom. The Bertz CT molecular complexity index is 706. The number of anilines is 1. The van der Waals surface area contributed by atoms with E-state index in [9.17, 15) is 0 Å². The summed E-state index contributed by atoms with van der Waals surface area (Å²) >= 11 is 12.2. The van der Waals surface area contributed by atoms with Crippen LogP contribution in [0.5, 0.6) is 0 Å². The second-order valence-corrected chi connectivity index (χ2v) is 6.63. The van der Waals surface area contributed by atoms with E-state index in [4.69, 9.17) is 23.2 Å². The monoisotopic (exact) mass is 315 g/mol. The number of hydrogen-bond donors (Lipinski definition) is 1. The molecular weight excluding hydrogens is 301 g/mol. The van der Waals surface area contributed by atoms with Crippen molar-refractivity contribution in [3.63, 3.8) is 0 Å². The first-order valence-electron chi connectivity index (χ1n) is 7.20. The Labute approximate surface area is 134 Å². The Balaban J connectivity index is 1.78. The maximum absolute atomic E-state index is 6.17. The van der Waals surface area contributed by atoms with Crippen molar-refractivity contribution in [2.24, 2.45) is 5.92 Å². The van der Waals surface area contributed by atoms with E-state index in [0.29, 0.717) is 17.9 Å². The number of halogens is 2. The molecule has 3 heteroatoms. The smallest absolute Gasteiger partial charge is 0.0553 e. The van der Waals surface area contributed by atoms with Crippen LogP contribution in [0.25, 0.3) is 0 Å². The first-order valence-corrected chi connectivity index (χ1v) is 7.96. The van der Waals surface area contributed by atoms with Gasteiger partial charge in [0.15, 0.2) is 0 Å². The van der Waals surface area contributed by atoms with Crippen LogP contribution in [0.3, 0.4) is 0 Å². The average Bonchev–Trinajstić information content (AvgIpc) is 2.97. The molecule has 106 valence electrons. The van der Waals surface area contributed by atoms with Gasteiger partial charge in [-0.3, -0.25) is 0 Å². The normalized spacial score (nSPS) is 26.1. The molecule has 2 aromatic rings. The molecule has 0 unspecified atom stereocenters. The van der Waals surface area contributed by atoms with Gasteiger partial charge in [0.1, 0.15) is 0 Å². The highest BCUT2D eigenvalue weighted by Gasteiger charge is 2.37. The number of hydrogen-bond acceptors (Lipinski definition) is 1. The highest BCUT2D eigenvalue weighted by Crippen LogP contribution is 2.50. The molecule has 0 saturated heterocycles. The Hall–Kier alpha value is -1.44. The molecule has 0 saturated carbocycles. The maximum Gasteiger partial charge on any atom is 0.0553 e. The van der Waals surface area contributed by atoms with Crippen molar-refractivity contribution in [2.45, 2.75) is 18.4 Å². The molecule has 2 aromatic carbocycles. The zero-order chi connectivity index (χ0) is 14.4. The van der Waals surface area contributed by atoms with Gasteiger partial charge in [0.25, 0.3) is 0 Å². The summed E-state index contributed by atoms with van der Waals surface area (Å²) < 4.78 is 0. The third kappa shape index (κ3) is 2.25. The van der Waals surface area contributed by atoms with Crippen LogP contribution in [0.2, 0.25) is 10.0 Å². The minimum atomic E-state index is 0.316. The molecule has 0 spiro atoms. The van der Waals surface area contributed by atoms with Crippen LogP contribution in [0.15, 0.2) is 54.6 Å². The lowest BCUT2D eigenvalue weighted by atomic mass is 9.77. The standard InChI is InChI=1S/C18H15Cl2N/c19-12-6-4-11(5-7-12)18-15-3-1-2-14(15)16-10-13(20)8-9-17(16)21-18/h1-2,4-10,14-15,18,21H,3H2/t14-,15-,18-/m1/s1. The lowest BCUT2D eigenvalue weighted by Crippen LogP contribution is -2.28. The molecule has 0 bridgehead atoms. The molecule has 1 aliphatic heterocycles. The molecule has 2 aliphatic rings. The van der Waals surface area contributed by atoms with Crippen molar-refractivity contribution >= 4 is 28.9 Å².